The highest BCUT2D eigenvalue weighted by Gasteiger charge is 1.95. The minimum Gasteiger partial charge on any atom is -0.426 e. The second-order valence-corrected chi connectivity index (χ2v) is 1.81. The summed E-state index contributed by atoms with van der Waals surface area (Å²) in [7, 11) is 0. The first-order valence-corrected chi connectivity index (χ1v) is 3.36. The molecule has 0 fully saturated rings. The monoisotopic (exact) mass is 140 g/mol. The normalized spacial score (nSPS) is 7.80. The van der Waals surface area contributed by atoms with Gasteiger partial charge in [0.1, 0.15) is 6.26 Å². The maximum atomic E-state index is 10.6. The molecule has 0 bridgehead atoms. The lowest BCUT2D eigenvalue weighted by Crippen LogP contribution is -1.96. The molecular weight excluding hydrogens is 128 g/mol. The van der Waals surface area contributed by atoms with Gasteiger partial charge in [0.15, 0.2) is 0 Å². The molecule has 0 unspecified atom stereocenters. The van der Waals surface area contributed by atoms with E-state index in [9.17, 15) is 4.79 Å². The van der Waals surface area contributed by atoms with Crippen LogP contribution in [0.1, 0.15) is 26.7 Å². The number of carbonyl (C=O) groups excluding carboxylic acids is 1. The summed E-state index contributed by atoms with van der Waals surface area (Å²) >= 11 is 0. The summed E-state index contributed by atoms with van der Waals surface area (Å²) in [6.45, 7) is 3.74. The molecule has 0 spiro atoms. The van der Waals surface area contributed by atoms with Crippen molar-refractivity contribution in [2.45, 2.75) is 26.7 Å². The summed E-state index contributed by atoms with van der Waals surface area (Å²) in [5.41, 5.74) is 2.64. The van der Waals surface area contributed by atoms with Gasteiger partial charge in [-0.3, -0.25) is 4.79 Å². The minimum absolute atomic E-state index is 0.197. The van der Waals surface area contributed by atoms with E-state index < -0.39 is 0 Å². The Morgan fingerprint density at radius 2 is 2.40 bits per heavy atom. The zero-order valence-corrected chi connectivity index (χ0v) is 6.39. The van der Waals surface area contributed by atoms with Gasteiger partial charge in [0.2, 0.25) is 0 Å². The van der Waals surface area contributed by atoms with Gasteiger partial charge in [-0.2, -0.15) is 0 Å². The van der Waals surface area contributed by atoms with E-state index >= 15 is 0 Å². The van der Waals surface area contributed by atoms with Crippen molar-refractivity contribution < 1.29 is 9.53 Å². The van der Waals surface area contributed by atoms with Crippen LogP contribution in [-0.4, -0.2) is 5.97 Å². The summed E-state index contributed by atoms with van der Waals surface area (Å²) < 4.78 is 4.62. The van der Waals surface area contributed by atoms with Crippen molar-refractivity contribution in [3.8, 4) is 0 Å². The second kappa shape index (κ2) is 6.12. The van der Waals surface area contributed by atoms with Crippen LogP contribution < -0.4 is 0 Å². The van der Waals surface area contributed by atoms with E-state index in [-0.39, 0.29) is 5.97 Å². The molecule has 0 aromatic rings. The van der Waals surface area contributed by atoms with Crippen molar-refractivity contribution in [2.75, 3.05) is 0 Å². The number of carbonyl (C=O) groups is 1. The first-order chi connectivity index (χ1) is 4.81. The molecule has 2 heteroatoms. The number of rotatable bonds is 3. The van der Waals surface area contributed by atoms with Crippen LogP contribution in [0.3, 0.4) is 0 Å². The standard InChI is InChI=1S/C8H12O2/c1-3-5-7-10-8(9)6-4-2/h3,7H,4,6H2,1-2H3. The SMILES string of the molecule is CC=C=COC(=O)CCC. The Hall–Kier alpha value is -1.01. The first-order valence-electron chi connectivity index (χ1n) is 3.36. The van der Waals surface area contributed by atoms with Gasteiger partial charge in [0.05, 0.1) is 0 Å². The Morgan fingerprint density at radius 1 is 1.70 bits per heavy atom. The molecule has 0 saturated carbocycles. The summed E-state index contributed by atoms with van der Waals surface area (Å²) in [5, 5.41) is 0. The van der Waals surface area contributed by atoms with E-state index in [0.717, 1.165) is 6.42 Å². The van der Waals surface area contributed by atoms with E-state index in [2.05, 4.69) is 10.5 Å². The molecule has 10 heavy (non-hydrogen) atoms. The van der Waals surface area contributed by atoms with Crippen molar-refractivity contribution >= 4 is 5.97 Å². The van der Waals surface area contributed by atoms with Gasteiger partial charge in [-0.1, -0.05) is 12.7 Å². The van der Waals surface area contributed by atoms with Gasteiger partial charge in [0.25, 0.3) is 0 Å². The molecular formula is C8H12O2. The highest BCUT2D eigenvalue weighted by Crippen LogP contribution is 1.90. The van der Waals surface area contributed by atoms with Crippen molar-refractivity contribution in [3.63, 3.8) is 0 Å². The van der Waals surface area contributed by atoms with Crippen LogP contribution in [0.15, 0.2) is 18.1 Å². The number of hydrogen-bond donors (Lipinski definition) is 0. The minimum atomic E-state index is -0.197. The van der Waals surface area contributed by atoms with E-state index in [1.165, 1.54) is 6.26 Å². The molecule has 56 valence electrons. The van der Waals surface area contributed by atoms with Crippen molar-refractivity contribution in [3.05, 3.63) is 18.1 Å². The molecule has 0 saturated heterocycles. The molecule has 0 aliphatic rings. The molecule has 0 radical (unpaired) electrons. The number of esters is 1. The second-order valence-electron chi connectivity index (χ2n) is 1.81. The molecule has 0 rings (SSSR count). The van der Waals surface area contributed by atoms with Crippen molar-refractivity contribution in [2.24, 2.45) is 0 Å². The molecule has 0 heterocycles. The summed E-state index contributed by atoms with van der Waals surface area (Å²) in [6.07, 6.45) is 4.25. The number of hydrogen-bond acceptors (Lipinski definition) is 2. The highest BCUT2D eigenvalue weighted by molar-refractivity contribution is 5.69. The predicted octanol–water partition coefficient (Wildman–Crippen LogP) is 2.02. The van der Waals surface area contributed by atoms with Gasteiger partial charge in [-0.15, -0.1) is 0 Å². The lowest BCUT2D eigenvalue weighted by atomic mass is 10.3. The Morgan fingerprint density at radius 3 is 2.90 bits per heavy atom. The van der Waals surface area contributed by atoms with E-state index in [1.807, 2.05) is 13.8 Å². The fraction of sp³-hybridized carbons (Fsp3) is 0.500. The van der Waals surface area contributed by atoms with Gasteiger partial charge in [-0.25, -0.2) is 0 Å². The Labute approximate surface area is 61.2 Å². The van der Waals surface area contributed by atoms with E-state index in [1.54, 1.807) is 6.08 Å². The zero-order valence-electron chi connectivity index (χ0n) is 6.39. The van der Waals surface area contributed by atoms with Gasteiger partial charge in [-0.05, 0) is 19.4 Å². The van der Waals surface area contributed by atoms with Gasteiger partial charge >= 0.3 is 5.97 Å². The fourth-order valence-corrected chi connectivity index (χ4v) is 0.431. The Kier molecular flexibility index (Phi) is 5.50. The Balaban J connectivity index is 3.49. The molecule has 0 N–H and O–H groups in total. The predicted molar refractivity (Wildman–Crippen MR) is 39.3 cm³/mol. The topological polar surface area (TPSA) is 26.3 Å². The third-order valence-corrected chi connectivity index (χ3v) is 0.879. The van der Waals surface area contributed by atoms with Crippen LogP contribution in [0.25, 0.3) is 0 Å². The zero-order chi connectivity index (χ0) is 7.82. The molecule has 0 atom stereocenters. The first kappa shape index (κ1) is 8.99. The number of ether oxygens (including phenoxy) is 1. The van der Waals surface area contributed by atoms with Crippen LogP contribution in [0.5, 0.6) is 0 Å². The van der Waals surface area contributed by atoms with E-state index in [4.69, 9.17) is 0 Å². The van der Waals surface area contributed by atoms with E-state index in [0.29, 0.717) is 6.42 Å². The largest absolute Gasteiger partial charge is 0.426 e. The third-order valence-electron chi connectivity index (χ3n) is 0.879. The smallest absolute Gasteiger partial charge is 0.311 e. The van der Waals surface area contributed by atoms with Gasteiger partial charge < -0.3 is 4.74 Å². The average Bonchev–Trinajstić information content (AvgIpc) is 1.89. The molecule has 0 aliphatic heterocycles. The quantitative estimate of drug-likeness (QED) is 0.340. The molecule has 0 aliphatic carbocycles. The fourth-order valence-electron chi connectivity index (χ4n) is 0.431. The lowest BCUT2D eigenvalue weighted by Gasteiger charge is -1.92. The summed E-state index contributed by atoms with van der Waals surface area (Å²) in [5.74, 6) is -0.197. The van der Waals surface area contributed by atoms with Crippen LogP contribution in [0, 0.1) is 0 Å². The van der Waals surface area contributed by atoms with Gasteiger partial charge in [0, 0.05) is 6.42 Å². The molecule has 2 nitrogen and oxygen atoms in total. The lowest BCUT2D eigenvalue weighted by molar-refractivity contribution is -0.138. The van der Waals surface area contributed by atoms with Crippen molar-refractivity contribution in [1.82, 2.24) is 0 Å². The molecule has 0 amide bonds. The summed E-state index contributed by atoms with van der Waals surface area (Å²) in [4.78, 5) is 10.6. The van der Waals surface area contributed by atoms with Crippen molar-refractivity contribution in [1.29, 1.82) is 0 Å². The molecule has 0 aromatic heterocycles. The van der Waals surface area contributed by atoms with Crippen LogP contribution in [-0.2, 0) is 9.53 Å². The maximum Gasteiger partial charge on any atom is 0.311 e. The Bertz CT molecular complexity index is 153. The molecule has 0 aromatic carbocycles. The maximum absolute atomic E-state index is 10.6. The van der Waals surface area contributed by atoms with Crippen LogP contribution in [0.4, 0.5) is 0 Å². The summed E-state index contributed by atoms with van der Waals surface area (Å²) in [6, 6.07) is 0. The van der Waals surface area contributed by atoms with Crippen LogP contribution >= 0.6 is 0 Å². The average molecular weight is 140 g/mol. The van der Waals surface area contributed by atoms with Crippen LogP contribution in [0.2, 0.25) is 0 Å². The third kappa shape index (κ3) is 5.13. The number of allylic oxidation sites excluding steroid dienone is 1. The highest BCUT2D eigenvalue weighted by atomic mass is 16.5.